The van der Waals surface area contributed by atoms with E-state index < -0.39 is 0 Å². The molecule has 98 valence electrons. The Bertz CT molecular complexity index is 464. The molecule has 1 saturated heterocycles. The van der Waals surface area contributed by atoms with Crippen LogP contribution in [0, 0.1) is 0 Å². The Morgan fingerprint density at radius 3 is 2.78 bits per heavy atom. The van der Waals surface area contributed by atoms with Gasteiger partial charge >= 0.3 is 0 Å². The van der Waals surface area contributed by atoms with E-state index in [9.17, 15) is 0 Å². The van der Waals surface area contributed by atoms with E-state index in [1.54, 1.807) is 11.8 Å². The molecule has 18 heavy (non-hydrogen) atoms. The summed E-state index contributed by atoms with van der Waals surface area (Å²) < 4.78 is 5.70. The van der Waals surface area contributed by atoms with Gasteiger partial charge in [0, 0.05) is 11.8 Å². The summed E-state index contributed by atoms with van der Waals surface area (Å²) in [5.41, 5.74) is 1.84. The van der Waals surface area contributed by atoms with Gasteiger partial charge in [-0.3, -0.25) is 0 Å². The summed E-state index contributed by atoms with van der Waals surface area (Å²) in [6, 6.07) is 7.92. The van der Waals surface area contributed by atoms with Gasteiger partial charge in [0.2, 0.25) is 0 Å². The lowest BCUT2D eigenvalue weighted by Crippen LogP contribution is -2.14. The maximum Gasteiger partial charge on any atom is 0.257 e. The van der Waals surface area contributed by atoms with Gasteiger partial charge < -0.3 is 9.32 Å². The first kappa shape index (κ1) is 13.4. The minimum atomic E-state index is 0.623. The van der Waals surface area contributed by atoms with Gasteiger partial charge in [-0.15, -0.1) is 0 Å². The van der Waals surface area contributed by atoms with Crippen LogP contribution in [0.15, 0.2) is 33.9 Å². The molecule has 3 rings (SSSR count). The summed E-state index contributed by atoms with van der Waals surface area (Å²) in [4.78, 5) is 6.83. The van der Waals surface area contributed by atoms with E-state index in [1.807, 2.05) is 38.1 Å². The zero-order chi connectivity index (χ0) is 13.0. The predicted octanol–water partition coefficient (Wildman–Crippen LogP) is 3.65. The summed E-state index contributed by atoms with van der Waals surface area (Å²) in [5, 5.41) is 1.43. The predicted molar refractivity (Wildman–Crippen MR) is 77.1 cm³/mol. The molecule has 1 atom stereocenters. The van der Waals surface area contributed by atoms with Crippen LogP contribution in [0.25, 0.3) is 11.1 Å². The Morgan fingerprint density at radius 2 is 2.11 bits per heavy atom. The lowest BCUT2D eigenvalue weighted by atomic mass is 10.3. The van der Waals surface area contributed by atoms with E-state index in [1.165, 1.54) is 13.0 Å². The van der Waals surface area contributed by atoms with E-state index in [4.69, 9.17) is 4.42 Å². The molecule has 0 spiro atoms. The van der Waals surface area contributed by atoms with Gasteiger partial charge in [-0.1, -0.05) is 37.7 Å². The molecule has 1 aliphatic rings. The van der Waals surface area contributed by atoms with Gasteiger partial charge in [0.15, 0.2) is 5.58 Å². The van der Waals surface area contributed by atoms with Crippen molar-refractivity contribution in [2.75, 3.05) is 20.1 Å². The molecule has 1 fully saturated rings. The van der Waals surface area contributed by atoms with Crippen LogP contribution in [-0.2, 0) is 0 Å². The van der Waals surface area contributed by atoms with Crippen molar-refractivity contribution >= 4 is 22.9 Å². The average molecular weight is 264 g/mol. The van der Waals surface area contributed by atoms with Crippen molar-refractivity contribution in [2.24, 2.45) is 0 Å². The maximum atomic E-state index is 5.70. The van der Waals surface area contributed by atoms with E-state index >= 15 is 0 Å². The van der Waals surface area contributed by atoms with Gasteiger partial charge in [-0.05, 0) is 32.1 Å². The molecule has 0 amide bonds. The number of aromatic nitrogens is 1. The van der Waals surface area contributed by atoms with Gasteiger partial charge in [-0.2, -0.15) is 0 Å². The number of hydrogen-bond donors (Lipinski definition) is 0. The summed E-state index contributed by atoms with van der Waals surface area (Å²) >= 11 is 1.76. The van der Waals surface area contributed by atoms with Crippen LogP contribution in [0.3, 0.4) is 0 Å². The molecule has 0 radical (unpaired) electrons. The van der Waals surface area contributed by atoms with Crippen LogP contribution in [0.4, 0.5) is 0 Å². The third kappa shape index (κ3) is 3.06. The van der Waals surface area contributed by atoms with Crippen molar-refractivity contribution in [3.8, 4) is 0 Å². The fourth-order valence-corrected chi connectivity index (χ4v) is 3.16. The minimum Gasteiger partial charge on any atom is -0.431 e. The lowest BCUT2D eigenvalue weighted by Gasteiger charge is -2.06. The third-order valence-corrected chi connectivity index (χ3v) is 3.98. The quantitative estimate of drug-likeness (QED) is 0.828. The smallest absolute Gasteiger partial charge is 0.257 e. The number of nitrogens with zero attached hydrogens (tertiary/aromatic N) is 2. The van der Waals surface area contributed by atoms with Gasteiger partial charge in [0.25, 0.3) is 5.22 Å². The van der Waals surface area contributed by atoms with Crippen molar-refractivity contribution in [1.82, 2.24) is 9.88 Å². The fraction of sp³-hybridized carbons (Fsp3) is 0.500. The molecule has 0 aliphatic carbocycles. The van der Waals surface area contributed by atoms with Gasteiger partial charge in [-0.25, -0.2) is 4.98 Å². The Labute approximate surface area is 113 Å². The normalized spacial score (nSPS) is 19.8. The molecule has 0 bridgehead atoms. The number of para-hydroxylation sites is 2. The highest BCUT2D eigenvalue weighted by atomic mass is 32.2. The highest BCUT2D eigenvalue weighted by Gasteiger charge is 2.22. The van der Waals surface area contributed by atoms with Crippen LogP contribution in [0.5, 0.6) is 0 Å². The van der Waals surface area contributed by atoms with Crippen molar-refractivity contribution in [3.63, 3.8) is 0 Å². The molecule has 0 saturated carbocycles. The summed E-state index contributed by atoms with van der Waals surface area (Å²) in [6.45, 7) is 6.31. The third-order valence-electron chi connectivity index (χ3n) is 2.89. The van der Waals surface area contributed by atoms with E-state index in [0.717, 1.165) is 22.9 Å². The standard InChI is InChI=1S/C12H14N2OS.C2H6/c1-14-7-6-9(8-14)16-12-13-10-4-2-3-5-11(10)15-12;1-2/h2-5,9H,6-8H2,1H3;1-2H3. The molecule has 1 aliphatic heterocycles. The van der Waals surface area contributed by atoms with Crippen LogP contribution in [0.1, 0.15) is 20.3 Å². The topological polar surface area (TPSA) is 29.3 Å². The van der Waals surface area contributed by atoms with Crippen LogP contribution in [0.2, 0.25) is 0 Å². The van der Waals surface area contributed by atoms with Crippen LogP contribution < -0.4 is 0 Å². The highest BCUT2D eigenvalue weighted by Crippen LogP contribution is 2.30. The van der Waals surface area contributed by atoms with E-state index in [0.29, 0.717) is 5.25 Å². The molecule has 2 heterocycles. The minimum absolute atomic E-state index is 0.623. The Morgan fingerprint density at radius 1 is 1.33 bits per heavy atom. The Balaban J connectivity index is 0.000000574. The number of oxazole rings is 1. The molecule has 3 nitrogen and oxygen atoms in total. The first-order valence-electron chi connectivity index (χ1n) is 6.52. The lowest BCUT2D eigenvalue weighted by molar-refractivity contribution is 0.418. The second kappa shape index (κ2) is 6.25. The number of thioether (sulfide) groups is 1. The molecule has 4 heteroatoms. The second-order valence-electron chi connectivity index (χ2n) is 4.24. The van der Waals surface area contributed by atoms with Crippen molar-refractivity contribution < 1.29 is 4.42 Å². The summed E-state index contributed by atoms with van der Waals surface area (Å²) in [6.07, 6.45) is 1.22. The zero-order valence-corrected chi connectivity index (χ0v) is 12.0. The molecule has 0 N–H and O–H groups in total. The van der Waals surface area contributed by atoms with Crippen LogP contribution in [-0.4, -0.2) is 35.3 Å². The first-order chi connectivity index (χ1) is 8.81. The van der Waals surface area contributed by atoms with Crippen molar-refractivity contribution in [3.05, 3.63) is 24.3 Å². The molecule has 1 unspecified atom stereocenters. The molecule has 2 aromatic rings. The fourth-order valence-electron chi connectivity index (χ4n) is 2.03. The average Bonchev–Trinajstić information content (AvgIpc) is 2.98. The zero-order valence-electron chi connectivity index (χ0n) is 11.2. The van der Waals surface area contributed by atoms with Crippen molar-refractivity contribution in [2.45, 2.75) is 30.7 Å². The molecule has 1 aromatic heterocycles. The van der Waals surface area contributed by atoms with Gasteiger partial charge in [0.1, 0.15) is 5.52 Å². The molecular weight excluding hydrogens is 244 g/mol. The summed E-state index contributed by atoms with van der Waals surface area (Å²) in [7, 11) is 2.16. The van der Waals surface area contributed by atoms with Gasteiger partial charge in [0.05, 0.1) is 0 Å². The monoisotopic (exact) mass is 264 g/mol. The summed E-state index contributed by atoms with van der Waals surface area (Å²) in [5.74, 6) is 0. The Kier molecular flexibility index (Phi) is 4.66. The maximum absolute atomic E-state index is 5.70. The molecule has 1 aromatic carbocycles. The molecular formula is C14H20N2OS. The second-order valence-corrected chi connectivity index (χ2v) is 5.49. The number of fused-ring (bicyclic) bond motifs is 1. The van der Waals surface area contributed by atoms with E-state index in [-0.39, 0.29) is 0 Å². The SMILES string of the molecule is CC.CN1CCC(Sc2nc3ccccc3o2)C1. The number of benzene rings is 1. The van der Waals surface area contributed by atoms with Crippen molar-refractivity contribution in [1.29, 1.82) is 0 Å². The largest absolute Gasteiger partial charge is 0.431 e. The number of rotatable bonds is 2. The number of likely N-dealkylation sites (tertiary alicyclic amines) is 1. The van der Waals surface area contributed by atoms with Crippen LogP contribution >= 0.6 is 11.8 Å². The van der Waals surface area contributed by atoms with E-state index in [2.05, 4.69) is 16.9 Å². The highest BCUT2D eigenvalue weighted by molar-refractivity contribution is 7.99. The Hall–Kier alpha value is -1.00. The first-order valence-corrected chi connectivity index (χ1v) is 7.40. The number of hydrogen-bond acceptors (Lipinski definition) is 4.